The maximum absolute atomic E-state index is 11.6. The predicted octanol–water partition coefficient (Wildman–Crippen LogP) is 1.74. The zero-order valence-electron chi connectivity index (χ0n) is 7.77. The lowest BCUT2D eigenvalue weighted by Crippen LogP contribution is -2.30. The van der Waals surface area contributed by atoms with E-state index < -0.39 is 0 Å². The van der Waals surface area contributed by atoms with Gasteiger partial charge in [-0.3, -0.25) is 4.79 Å². The maximum atomic E-state index is 11.6. The van der Waals surface area contributed by atoms with Crippen LogP contribution >= 0.6 is 11.3 Å². The summed E-state index contributed by atoms with van der Waals surface area (Å²) in [5.41, 5.74) is 0. The molecule has 1 aliphatic heterocycles. The third kappa shape index (κ3) is 2.41. The quantitative estimate of drug-likeness (QED) is 0.716. The molecule has 1 aliphatic rings. The Kier molecular flexibility index (Phi) is 3.29. The molecule has 76 valence electrons. The zero-order chi connectivity index (χ0) is 9.80. The Morgan fingerprint density at radius 2 is 2.50 bits per heavy atom. The van der Waals surface area contributed by atoms with Crippen molar-refractivity contribution < 1.29 is 14.3 Å². The van der Waals surface area contributed by atoms with Gasteiger partial charge in [0.2, 0.25) is 0 Å². The third-order valence-electron chi connectivity index (χ3n) is 2.09. The van der Waals surface area contributed by atoms with Gasteiger partial charge < -0.3 is 9.47 Å². The van der Waals surface area contributed by atoms with Crippen molar-refractivity contribution in [2.24, 2.45) is 0 Å². The van der Waals surface area contributed by atoms with Crippen LogP contribution < -0.4 is 0 Å². The summed E-state index contributed by atoms with van der Waals surface area (Å²) >= 11 is 1.47. The number of carbonyl (C=O) groups is 1. The summed E-state index contributed by atoms with van der Waals surface area (Å²) in [4.78, 5) is 12.5. The van der Waals surface area contributed by atoms with Gasteiger partial charge in [-0.25, -0.2) is 0 Å². The Bertz CT molecular complexity index is 288. The van der Waals surface area contributed by atoms with Crippen LogP contribution in [0.1, 0.15) is 16.1 Å². The van der Waals surface area contributed by atoms with E-state index in [4.69, 9.17) is 9.47 Å². The van der Waals surface area contributed by atoms with Gasteiger partial charge in [-0.1, -0.05) is 6.07 Å². The standard InChI is InChI=1S/C10H12O3S/c11-9(10-2-1-5-14-10)6-8-7-12-3-4-13-8/h1-2,5,8H,3-4,6-7H2. The van der Waals surface area contributed by atoms with E-state index in [0.717, 1.165) is 4.88 Å². The number of Topliss-reactive ketones (excluding diaryl/α,β-unsaturated/α-hetero) is 1. The van der Waals surface area contributed by atoms with Gasteiger partial charge in [0.15, 0.2) is 5.78 Å². The molecule has 4 heteroatoms. The van der Waals surface area contributed by atoms with Crippen molar-refractivity contribution in [2.45, 2.75) is 12.5 Å². The van der Waals surface area contributed by atoms with Crippen LogP contribution in [0, 0.1) is 0 Å². The van der Waals surface area contributed by atoms with E-state index >= 15 is 0 Å². The van der Waals surface area contributed by atoms with Crippen molar-refractivity contribution in [2.75, 3.05) is 19.8 Å². The molecule has 0 saturated carbocycles. The summed E-state index contributed by atoms with van der Waals surface area (Å²) < 4.78 is 10.6. The maximum Gasteiger partial charge on any atom is 0.175 e. The molecule has 1 unspecified atom stereocenters. The van der Waals surface area contributed by atoms with E-state index in [2.05, 4.69) is 0 Å². The first-order valence-electron chi connectivity index (χ1n) is 4.62. The summed E-state index contributed by atoms with van der Waals surface area (Å²) in [7, 11) is 0. The van der Waals surface area contributed by atoms with Gasteiger partial charge in [0.1, 0.15) is 0 Å². The van der Waals surface area contributed by atoms with Crippen molar-refractivity contribution in [3.63, 3.8) is 0 Å². The third-order valence-corrected chi connectivity index (χ3v) is 3.00. The molecule has 2 rings (SSSR count). The van der Waals surface area contributed by atoms with E-state index in [-0.39, 0.29) is 11.9 Å². The fraction of sp³-hybridized carbons (Fsp3) is 0.500. The highest BCUT2D eigenvalue weighted by Gasteiger charge is 2.19. The number of hydrogen-bond acceptors (Lipinski definition) is 4. The Hall–Kier alpha value is -0.710. The predicted molar refractivity (Wildman–Crippen MR) is 53.8 cm³/mol. The first kappa shape index (κ1) is 9.83. The molecule has 0 aromatic carbocycles. The number of ether oxygens (including phenoxy) is 2. The van der Waals surface area contributed by atoms with Gasteiger partial charge in [-0.05, 0) is 11.4 Å². The molecule has 0 bridgehead atoms. The van der Waals surface area contributed by atoms with Gasteiger partial charge in [-0.15, -0.1) is 11.3 Å². The van der Waals surface area contributed by atoms with Crippen LogP contribution in [0.4, 0.5) is 0 Å². The van der Waals surface area contributed by atoms with E-state index in [1.807, 2.05) is 17.5 Å². The average molecular weight is 212 g/mol. The molecule has 1 aromatic rings. The topological polar surface area (TPSA) is 35.5 Å². The van der Waals surface area contributed by atoms with Gasteiger partial charge in [0.25, 0.3) is 0 Å². The minimum absolute atomic E-state index is 0.0571. The molecule has 0 radical (unpaired) electrons. The Morgan fingerprint density at radius 1 is 1.57 bits per heavy atom. The number of carbonyl (C=O) groups excluding carboxylic acids is 1. The molecule has 0 aliphatic carbocycles. The summed E-state index contributed by atoms with van der Waals surface area (Å²) in [5, 5.41) is 1.91. The zero-order valence-corrected chi connectivity index (χ0v) is 8.59. The Balaban J connectivity index is 1.87. The van der Waals surface area contributed by atoms with Crippen LogP contribution in [0.15, 0.2) is 17.5 Å². The van der Waals surface area contributed by atoms with Crippen molar-refractivity contribution in [3.05, 3.63) is 22.4 Å². The smallest absolute Gasteiger partial charge is 0.175 e. The van der Waals surface area contributed by atoms with Crippen LogP contribution in [-0.2, 0) is 9.47 Å². The fourth-order valence-electron chi connectivity index (χ4n) is 1.40. The first-order chi connectivity index (χ1) is 6.86. The van der Waals surface area contributed by atoms with Crippen LogP contribution in [0.25, 0.3) is 0 Å². The highest BCUT2D eigenvalue weighted by molar-refractivity contribution is 7.12. The second kappa shape index (κ2) is 4.68. The van der Waals surface area contributed by atoms with Crippen LogP contribution in [0.3, 0.4) is 0 Å². The summed E-state index contributed by atoms with van der Waals surface area (Å²) in [5.74, 6) is 0.149. The normalized spacial score (nSPS) is 22.1. The van der Waals surface area contributed by atoms with Gasteiger partial charge >= 0.3 is 0 Å². The second-order valence-corrected chi connectivity index (χ2v) is 4.12. The van der Waals surface area contributed by atoms with Crippen LogP contribution in [0.2, 0.25) is 0 Å². The molecule has 1 aromatic heterocycles. The Labute approximate surface area is 86.6 Å². The molecule has 0 amide bonds. The minimum Gasteiger partial charge on any atom is -0.376 e. The Morgan fingerprint density at radius 3 is 3.14 bits per heavy atom. The van der Waals surface area contributed by atoms with Crippen LogP contribution in [0.5, 0.6) is 0 Å². The molecule has 3 nitrogen and oxygen atoms in total. The largest absolute Gasteiger partial charge is 0.376 e. The number of ketones is 1. The molecule has 1 saturated heterocycles. The van der Waals surface area contributed by atoms with Crippen molar-refractivity contribution in [1.29, 1.82) is 0 Å². The second-order valence-electron chi connectivity index (χ2n) is 3.17. The minimum atomic E-state index is -0.0571. The first-order valence-corrected chi connectivity index (χ1v) is 5.50. The molecular weight excluding hydrogens is 200 g/mol. The summed E-state index contributed by atoms with van der Waals surface area (Å²) in [6.07, 6.45) is 0.374. The lowest BCUT2D eigenvalue weighted by molar-refractivity contribution is -0.0868. The lowest BCUT2D eigenvalue weighted by atomic mass is 10.1. The molecule has 0 N–H and O–H groups in total. The van der Waals surface area contributed by atoms with Gasteiger partial charge in [0.05, 0.1) is 30.8 Å². The SMILES string of the molecule is O=C(CC1COCCO1)c1cccs1. The van der Waals surface area contributed by atoms with E-state index in [9.17, 15) is 4.79 Å². The number of rotatable bonds is 3. The number of thiophene rings is 1. The van der Waals surface area contributed by atoms with Gasteiger partial charge in [-0.2, -0.15) is 0 Å². The number of hydrogen-bond donors (Lipinski definition) is 0. The highest BCUT2D eigenvalue weighted by atomic mass is 32.1. The molecule has 0 spiro atoms. The van der Waals surface area contributed by atoms with E-state index in [1.54, 1.807) is 0 Å². The van der Waals surface area contributed by atoms with Crippen molar-refractivity contribution in [3.8, 4) is 0 Å². The lowest BCUT2D eigenvalue weighted by Gasteiger charge is -2.21. The fourth-order valence-corrected chi connectivity index (χ4v) is 2.07. The van der Waals surface area contributed by atoms with Crippen molar-refractivity contribution >= 4 is 17.1 Å². The summed E-state index contributed by atoms with van der Waals surface area (Å²) in [6, 6.07) is 3.73. The molecule has 14 heavy (non-hydrogen) atoms. The van der Waals surface area contributed by atoms with E-state index in [0.29, 0.717) is 26.2 Å². The van der Waals surface area contributed by atoms with E-state index in [1.165, 1.54) is 11.3 Å². The summed E-state index contributed by atoms with van der Waals surface area (Å²) in [6.45, 7) is 1.78. The average Bonchev–Trinajstić information content (AvgIpc) is 2.72. The monoisotopic (exact) mass is 212 g/mol. The van der Waals surface area contributed by atoms with Gasteiger partial charge in [0, 0.05) is 6.42 Å². The molecular formula is C10H12O3S. The molecule has 2 heterocycles. The van der Waals surface area contributed by atoms with Crippen molar-refractivity contribution in [1.82, 2.24) is 0 Å². The molecule has 1 fully saturated rings. The highest BCUT2D eigenvalue weighted by Crippen LogP contribution is 2.14. The van der Waals surface area contributed by atoms with Crippen LogP contribution in [-0.4, -0.2) is 31.7 Å². The molecule has 1 atom stereocenters.